The first kappa shape index (κ1) is 22.5. The second kappa shape index (κ2) is 9.18. The quantitative estimate of drug-likeness (QED) is 0.286. The second-order valence-corrected chi connectivity index (χ2v) is 8.58. The molecule has 1 aliphatic carbocycles. The molecule has 0 saturated heterocycles. The molecule has 4 aromatic rings. The van der Waals surface area contributed by atoms with Gasteiger partial charge >= 0.3 is 5.97 Å². The summed E-state index contributed by atoms with van der Waals surface area (Å²) in [6.45, 7) is 1.79. The molecular weight excluding hydrogens is 442 g/mol. The van der Waals surface area contributed by atoms with Gasteiger partial charge in [0.2, 0.25) is 5.88 Å². The molecule has 1 atom stereocenters. The van der Waals surface area contributed by atoms with Gasteiger partial charge < -0.3 is 9.84 Å². The van der Waals surface area contributed by atoms with Crippen molar-refractivity contribution in [3.63, 3.8) is 0 Å². The molecule has 35 heavy (non-hydrogen) atoms. The third-order valence-electron chi connectivity index (χ3n) is 6.60. The SMILES string of the molecule is CCOC(=O)Cn1c(O)c(N=NC(=O)C2CC2(c2ccccc2)c2ccccc2)c2ccccc21. The number of nitrogens with zero attached hydrogens (tertiary/aromatic N) is 3. The zero-order chi connectivity index (χ0) is 24.4. The predicted octanol–water partition coefficient (Wildman–Crippen LogP) is 5.53. The Morgan fingerprint density at radius 3 is 2.20 bits per heavy atom. The van der Waals surface area contributed by atoms with Crippen LogP contribution in [0.3, 0.4) is 0 Å². The molecule has 1 aromatic heterocycles. The van der Waals surface area contributed by atoms with Gasteiger partial charge in [-0.15, -0.1) is 10.2 Å². The van der Waals surface area contributed by atoms with Crippen LogP contribution in [0.2, 0.25) is 0 Å². The van der Waals surface area contributed by atoms with Gasteiger partial charge in [-0.1, -0.05) is 78.9 Å². The Morgan fingerprint density at radius 2 is 1.57 bits per heavy atom. The third-order valence-corrected chi connectivity index (χ3v) is 6.60. The number of aromatic hydroxyl groups is 1. The highest BCUT2D eigenvalue weighted by Crippen LogP contribution is 2.59. The lowest BCUT2D eigenvalue weighted by molar-refractivity contribution is -0.143. The molecule has 3 aromatic carbocycles. The Labute approximate surface area is 202 Å². The summed E-state index contributed by atoms with van der Waals surface area (Å²) in [4.78, 5) is 25.3. The van der Waals surface area contributed by atoms with Crippen molar-refractivity contribution in [2.24, 2.45) is 16.1 Å². The molecule has 1 unspecified atom stereocenters. The van der Waals surface area contributed by atoms with Crippen molar-refractivity contribution in [2.45, 2.75) is 25.3 Å². The minimum Gasteiger partial charge on any atom is -0.493 e. The van der Waals surface area contributed by atoms with Crippen LogP contribution in [0, 0.1) is 5.92 Å². The monoisotopic (exact) mass is 467 g/mol. The average Bonchev–Trinajstić information content (AvgIpc) is 3.60. The maximum absolute atomic E-state index is 13.2. The molecule has 1 heterocycles. The van der Waals surface area contributed by atoms with Crippen molar-refractivity contribution in [1.29, 1.82) is 0 Å². The van der Waals surface area contributed by atoms with Crippen LogP contribution in [-0.2, 0) is 26.3 Å². The first-order chi connectivity index (χ1) is 17.1. The molecular formula is C28H25N3O4. The highest BCUT2D eigenvalue weighted by atomic mass is 16.5. The van der Waals surface area contributed by atoms with E-state index in [4.69, 9.17) is 4.74 Å². The van der Waals surface area contributed by atoms with Gasteiger partial charge in [0.25, 0.3) is 5.91 Å². The number of amides is 1. The molecule has 7 nitrogen and oxygen atoms in total. The van der Waals surface area contributed by atoms with E-state index < -0.39 is 11.4 Å². The van der Waals surface area contributed by atoms with Crippen LogP contribution < -0.4 is 0 Å². The van der Waals surface area contributed by atoms with Crippen molar-refractivity contribution in [1.82, 2.24) is 4.57 Å². The van der Waals surface area contributed by atoms with Crippen LogP contribution in [0.1, 0.15) is 24.5 Å². The van der Waals surface area contributed by atoms with E-state index in [1.165, 1.54) is 4.57 Å². The van der Waals surface area contributed by atoms with E-state index in [-0.39, 0.29) is 36.5 Å². The number of carbonyl (C=O) groups excluding carboxylic acids is 2. The number of azo groups is 1. The van der Waals surface area contributed by atoms with Crippen molar-refractivity contribution in [2.75, 3.05) is 6.61 Å². The minimum absolute atomic E-state index is 0.156. The summed E-state index contributed by atoms with van der Waals surface area (Å²) in [5, 5.41) is 19.7. The summed E-state index contributed by atoms with van der Waals surface area (Å²) in [5.41, 5.74) is 2.44. The molecule has 1 aliphatic rings. The lowest BCUT2D eigenvalue weighted by atomic mass is 9.85. The van der Waals surface area contributed by atoms with E-state index in [9.17, 15) is 14.7 Å². The maximum atomic E-state index is 13.2. The number of benzene rings is 3. The molecule has 1 amide bonds. The van der Waals surface area contributed by atoms with Crippen LogP contribution >= 0.6 is 0 Å². The Bertz CT molecular complexity index is 1370. The molecule has 1 saturated carbocycles. The Morgan fingerprint density at radius 1 is 0.971 bits per heavy atom. The smallest absolute Gasteiger partial charge is 0.326 e. The minimum atomic E-state index is -0.475. The molecule has 0 aliphatic heterocycles. The summed E-state index contributed by atoms with van der Waals surface area (Å²) < 4.78 is 6.44. The standard InChI is InChI=1S/C28H25N3O4/c1-2-35-24(32)18-31-23-16-10-9-15-21(23)25(27(31)34)29-30-26(33)22-17-28(22,19-11-5-3-6-12-19)20-13-7-4-8-14-20/h3-16,22,34H,2,17-18H2,1H3. The van der Waals surface area contributed by atoms with Crippen LogP contribution in [-0.4, -0.2) is 28.2 Å². The highest BCUT2D eigenvalue weighted by molar-refractivity contribution is 5.96. The first-order valence-corrected chi connectivity index (χ1v) is 11.6. The topological polar surface area (TPSA) is 93.2 Å². The van der Waals surface area contributed by atoms with E-state index >= 15 is 0 Å². The van der Waals surface area contributed by atoms with Gasteiger partial charge in [-0.05, 0) is 30.5 Å². The lowest BCUT2D eigenvalue weighted by Crippen LogP contribution is -2.16. The molecule has 7 heteroatoms. The van der Waals surface area contributed by atoms with Gasteiger partial charge in [0.1, 0.15) is 6.54 Å². The number of ether oxygens (including phenoxy) is 1. The average molecular weight is 468 g/mol. The van der Waals surface area contributed by atoms with Gasteiger partial charge in [-0.2, -0.15) is 0 Å². The predicted molar refractivity (Wildman–Crippen MR) is 132 cm³/mol. The van der Waals surface area contributed by atoms with E-state index in [0.29, 0.717) is 17.3 Å². The Balaban J connectivity index is 1.47. The number of fused-ring (bicyclic) bond motifs is 1. The summed E-state index contributed by atoms with van der Waals surface area (Å²) in [7, 11) is 0. The Hall–Kier alpha value is -4.26. The zero-order valence-electron chi connectivity index (χ0n) is 19.3. The second-order valence-electron chi connectivity index (χ2n) is 8.58. The van der Waals surface area contributed by atoms with E-state index in [1.54, 1.807) is 31.2 Å². The summed E-state index contributed by atoms with van der Waals surface area (Å²) >= 11 is 0. The van der Waals surface area contributed by atoms with Gasteiger partial charge in [0.15, 0.2) is 5.69 Å². The fraction of sp³-hybridized carbons (Fsp3) is 0.214. The van der Waals surface area contributed by atoms with Crippen LogP contribution in [0.5, 0.6) is 5.88 Å². The normalized spacial score (nSPS) is 16.4. The first-order valence-electron chi connectivity index (χ1n) is 11.6. The van der Waals surface area contributed by atoms with Gasteiger partial charge in [0.05, 0.1) is 18.0 Å². The number of aromatic nitrogens is 1. The van der Waals surface area contributed by atoms with Crippen molar-refractivity contribution in [3.05, 3.63) is 96.1 Å². The van der Waals surface area contributed by atoms with Gasteiger partial charge in [-0.25, -0.2) is 0 Å². The molecule has 0 radical (unpaired) electrons. The zero-order valence-corrected chi connectivity index (χ0v) is 19.3. The maximum Gasteiger partial charge on any atom is 0.326 e. The summed E-state index contributed by atoms with van der Waals surface area (Å²) in [6, 6.07) is 27.1. The number of esters is 1. The van der Waals surface area contributed by atoms with Crippen LogP contribution in [0.25, 0.3) is 10.9 Å². The van der Waals surface area contributed by atoms with E-state index in [1.807, 2.05) is 60.7 Å². The fourth-order valence-electron chi connectivity index (χ4n) is 4.87. The largest absolute Gasteiger partial charge is 0.493 e. The molecule has 0 spiro atoms. The Kier molecular flexibility index (Phi) is 5.91. The number of carbonyl (C=O) groups is 2. The van der Waals surface area contributed by atoms with E-state index in [0.717, 1.165) is 11.1 Å². The van der Waals surface area contributed by atoms with Crippen LogP contribution in [0.4, 0.5) is 5.69 Å². The molecule has 1 N–H and O–H groups in total. The number of hydrogen-bond donors (Lipinski definition) is 1. The van der Waals surface area contributed by atoms with Crippen LogP contribution in [0.15, 0.2) is 95.2 Å². The number of rotatable bonds is 7. The molecule has 176 valence electrons. The molecule has 5 rings (SSSR count). The van der Waals surface area contributed by atoms with Crippen molar-refractivity contribution < 1.29 is 19.4 Å². The van der Waals surface area contributed by atoms with Gasteiger partial charge in [0, 0.05) is 10.8 Å². The van der Waals surface area contributed by atoms with E-state index in [2.05, 4.69) is 10.2 Å². The number of para-hydroxylation sites is 1. The molecule has 1 fully saturated rings. The fourth-order valence-corrected chi connectivity index (χ4v) is 4.87. The molecule has 0 bridgehead atoms. The third kappa shape index (κ3) is 3.99. The lowest BCUT2D eigenvalue weighted by Gasteiger charge is -2.17. The summed E-state index contributed by atoms with van der Waals surface area (Å²) in [6.07, 6.45) is 0.634. The summed E-state index contributed by atoms with van der Waals surface area (Å²) in [5.74, 6) is -1.41. The van der Waals surface area contributed by atoms with Crippen molar-refractivity contribution >= 4 is 28.5 Å². The number of hydrogen-bond acceptors (Lipinski definition) is 5. The van der Waals surface area contributed by atoms with Crippen molar-refractivity contribution in [3.8, 4) is 5.88 Å². The van der Waals surface area contributed by atoms with Gasteiger partial charge in [-0.3, -0.25) is 14.2 Å². The highest BCUT2D eigenvalue weighted by Gasteiger charge is 2.60.